The SMILES string of the molecule is C[C@H]1CCCN1Cc1ccc2cc(C(=O)Nc3cc(NC(=O)c4ccc5c(c4)OCCO5)ccc3F)ccc2n1. The number of pyridine rings is 1. The van der Waals surface area contributed by atoms with Crippen LogP contribution in [0.2, 0.25) is 0 Å². The van der Waals surface area contributed by atoms with Gasteiger partial charge in [-0.1, -0.05) is 6.07 Å². The molecule has 40 heavy (non-hydrogen) atoms. The summed E-state index contributed by atoms with van der Waals surface area (Å²) < 4.78 is 25.6. The van der Waals surface area contributed by atoms with Crippen molar-refractivity contribution in [1.82, 2.24) is 9.88 Å². The zero-order chi connectivity index (χ0) is 27.6. The van der Waals surface area contributed by atoms with E-state index in [4.69, 9.17) is 14.5 Å². The zero-order valence-electron chi connectivity index (χ0n) is 22.1. The summed E-state index contributed by atoms with van der Waals surface area (Å²) in [4.78, 5) is 33.0. The van der Waals surface area contributed by atoms with Gasteiger partial charge in [0.2, 0.25) is 0 Å². The van der Waals surface area contributed by atoms with E-state index < -0.39 is 17.6 Å². The fourth-order valence-corrected chi connectivity index (χ4v) is 5.11. The average molecular weight is 541 g/mol. The molecule has 2 aliphatic rings. The molecule has 6 rings (SSSR count). The Morgan fingerprint density at radius 2 is 1.70 bits per heavy atom. The van der Waals surface area contributed by atoms with E-state index in [-0.39, 0.29) is 5.69 Å². The molecular weight excluding hydrogens is 511 g/mol. The molecule has 4 aromatic rings. The highest BCUT2D eigenvalue weighted by atomic mass is 19.1. The van der Waals surface area contributed by atoms with Crippen molar-refractivity contribution in [3.63, 3.8) is 0 Å². The molecule has 1 saturated heterocycles. The van der Waals surface area contributed by atoms with Crippen molar-refractivity contribution in [3.8, 4) is 11.5 Å². The summed E-state index contributed by atoms with van der Waals surface area (Å²) in [5.41, 5.74) is 2.83. The van der Waals surface area contributed by atoms with Crippen LogP contribution in [0.15, 0.2) is 66.7 Å². The zero-order valence-corrected chi connectivity index (χ0v) is 22.1. The Labute approximate surface area is 231 Å². The second kappa shape index (κ2) is 10.9. The smallest absolute Gasteiger partial charge is 0.255 e. The van der Waals surface area contributed by atoms with Crippen LogP contribution < -0.4 is 20.1 Å². The number of anilines is 2. The van der Waals surface area contributed by atoms with E-state index in [9.17, 15) is 14.0 Å². The minimum atomic E-state index is -0.617. The molecule has 1 aromatic heterocycles. The molecule has 2 aliphatic heterocycles. The van der Waals surface area contributed by atoms with Crippen LogP contribution in [0.25, 0.3) is 10.9 Å². The Bertz CT molecular complexity index is 1610. The number of carbonyl (C=O) groups excluding carboxylic acids is 2. The van der Waals surface area contributed by atoms with Gasteiger partial charge in [0.05, 0.1) is 16.9 Å². The quantitative estimate of drug-likeness (QED) is 0.329. The predicted octanol–water partition coefficient (Wildman–Crippen LogP) is 5.63. The van der Waals surface area contributed by atoms with Crippen LogP contribution in [0.3, 0.4) is 0 Å². The number of benzene rings is 3. The molecule has 0 saturated carbocycles. The summed E-state index contributed by atoms with van der Waals surface area (Å²) in [5.74, 6) is -0.411. The molecule has 204 valence electrons. The highest BCUT2D eigenvalue weighted by Crippen LogP contribution is 2.31. The number of aromatic nitrogens is 1. The van der Waals surface area contributed by atoms with Crippen LogP contribution in [-0.4, -0.2) is 47.5 Å². The van der Waals surface area contributed by atoms with Gasteiger partial charge in [0.1, 0.15) is 19.0 Å². The molecule has 0 radical (unpaired) electrons. The lowest BCUT2D eigenvalue weighted by Gasteiger charge is -2.20. The summed E-state index contributed by atoms with van der Waals surface area (Å²) in [6.07, 6.45) is 2.42. The summed E-state index contributed by atoms with van der Waals surface area (Å²) in [6, 6.07) is 18.7. The second-order valence-corrected chi connectivity index (χ2v) is 10.1. The first kappa shape index (κ1) is 25.8. The van der Waals surface area contributed by atoms with Crippen molar-refractivity contribution in [1.29, 1.82) is 0 Å². The molecule has 0 spiro atoms. The van der Waals surface area contributed by atoms with Crippen LogP contribution in [0.1, 0.15) is 46.2 Å². The largest absolute Gasteiger partial charge is 0.486 e. The maximum atomic E-state index is 14.6. The number of carbonyl (C=O) groups is 2. The molecule has 0 aliphatic carbocycles. The molecule has 1 atom stereocenters. The standard InChI is InChI=1S/C31H29FN4O4/c1-19-3-2-12-36(19)18-24-7-4-20-15-21(5-10-26(20)33-24)31(38)35-27-17-23(8-9-25(27)32)34-30(37)22-6-11-28-29(16-22)40-14-13-39-28/h4-11,15-17,19H,2-3,12-14,18H2,1H3,(H,34,37)(H,35,38)/t19-/m0/s1. The van der Waals surface area contributed by atoms with Gasteiger partial charge < -0.3 is 20.1 Å². The number of hydrogen-bond donors (Lipinski definition) is 2. The van der Waals surface area contributed by atoms with E-state index in [1.807, 2.05) is 18.2 Å². The van der Waals surface area contributed by atoms with E-state index in [1.165, 1.54) is 31.0 Å². The first-order valence-electron chi connectivity index (χ1n) is 13.4. The molecule has 9 heteroatoms. The van der Waals surface area contributed by atoms with Gasteiger partial charge in [-0.05, 0) is 87.0 Å². The Hall–Kier alpha value is -4.50. The number of ether oxygens (including phenoxy) is 2. The van der Waals surface area contributed by atoms with Gasteiger partial charge >= 0.3 is 0 Å². The Kier molecular flexibility index (Phi) is 7.04. The summed E-state index contributed by atoms with van der Waals surface area (Å²) >= 11 is 0. The van der Waals surface area contributed by atoms with Gasteiger partial charge in [0.15, 0.2) is 11.5 Å². The number of halogens is 1. The number of likely N-dealkylation sites (tertiary alicyclic amines) is 1. The summed E-state index contributed by atoms with van der Waals surface area (Å²) in [5, 5.41) is 6.19. The number of rotatable bonds is 6. The van der Waals surface area contributed by atoms with E-state index in [1.54, 1.807) is 30.3 Å². The molecule has 1 fully saturated rings. The van der Waals surface area contributed by atoms with E-state index in [0.717, 1.165) is 29.7 Å². The number of nitrogens with zero attached hydrogens (tertiary/aromatic N) is 2. The number of fused-ring (bicyclic) bond motifs is 2. The average Bonchev–Trinajstić information content (AvgIpc) is 3.37. The van der Waals surface area contributed by atoms with Crippen LogP contribution in [0, 0.1) is 5.82 Å². The monoisotopic (exact) mass is 540 g/mol. The van der Waals surface area contributed by atoms with Crippen molar-refractivity contribution in [2.45, 2.75) is 32.4 Å². The van der Waals surface area contributed by atoms with Gasteiger partial charge in [-0.25, -0.2) is 4.39 Å². The van der Waals surface area contributed by atoms with E-state index >= 15 is 0 Å². The maximum Gasteiger partial charge on any atom is 0.255 e. The molecular formula is C31H29FN4O4. The van der Waals surface area contributed by atoms with Crippen molar-refractivity contribution in [3.05, 3.63) is 89.4 Å². The van der Waals surface area contributed by atoms with E-state index in [0.29, 0.717) is 47.6 Å². The molecule has 3 heterocycles. The fraction of sp³-hybridized carbons (Fsp3) is 0.258. The minimum Gasteiger partial charge on any atom is -0.486 e. The number of hydrogen-bond acceptors (Lipinski definition) is 6. The third kappa shape index (κ3) is 5.46. The van der Waals surface area contributed by atoms with Gasteiger partial charge in [-0.15, -0.1) is 0 Å². The lowest BCUT2D eigenvalue weighted by atomic mass is 10.1. The van der Waals surface area contributed by atoms with Gasteiger partial charge in [0.25, 0.3) is 11.8 Å². The lowest BCUT2D eigenvalue weighted by molar-refractivity contribution is 0.101. The summed E-state index contributed by atoms with van der Waals surface area (Å²) in [6.45, 7) is 5.00. The highest BCUT2D eigenvalue weighted by Gasteiger charge is 2.21. The van der Waals surface area contributed by atoms with Crippen molar-refractivity contribution < 1.29 is 23.5 Å². The first-order chi connectivity index (χ1) is 19.4. The second-order valence-electron chi connectivity index (χ2n) is 10.1. The molecule has 8 nitrogen and oxygen atoms in total. The third-order valence-corrected chi connectivity index (χ3v) is 7.34. The maximum absolute atomic E-state index is 14.6. The highest BCUT2D eigenvalue weighted by molar-refractivity contribution is 6.07. The predicted molar refractivity (Wildman–Crippen MR) is 151 cm³/mol. The van der Waals surface area contributed by atoms with Crippen molar-refractivity contribution in [2.24, 2.45) is 0 Å². The van der Waals surface area contributed by atoms with Crippen molar-refractivity contribution in [2.75, 3.05) is 30.4 Å². The first-order valence-corrected chi connectivity index (χ1v) is 13.4. The molecule has 2 N–H and O–H groups in total. The van der Waals surface area contributed by atoms with E-state index in [2.05, 4.69) is 22.5 Å². The van der Waals surface area contributed by atoms with Crippen LogP contribution in [0.5, 0.6) is 11.5 Å². The summed E-state index contributed by atoms with van der Waals surface area (Å²) in [7, 11) is 0. The Morgan fingerprint density at radius 3 is 2.52 bits per heavy atom. The molecule has 3 aromatic carbocycles. The van der Waals surface area contributed by atoms with Crippen LogP contribution in [-0.2, 0) is 6.54 Å². The van der Waals surface area contributed by atoms with Crippen LogP contribution in [0.4, 0.5) is 15.8 Å². The minimum absolute atomic E-state index is 0.0433. The number of nitrogens with one attached hydrogen (secondary N) is 2. The fourth-order valence-electron chi connectivity index (χ4n) is 5.11. The van der Waals surface area contributed by atoms with Crippen molar-refractivity contribution >= 4 is 34.1 Å². The topological polar surface area (TPSA) is 92.8 Å². The number of amides is 2. The molecule has 0 bridgehead atoms. The molecule has 0 unspecified atom stereocenters. The van der Waals surface area contributed by atoms with Gasteiger partial charge in [-0.3, -0.25) is 19.5 Å². The Morgan fingerprint density at radius 1 is 0.925 bits per heavy atom. The van der Waals surface area contributed by atoms with Gasteiger partial charge in [-0.2, -0.15) is 0 Å². The Balaban J connectivity index is 1.14. The molecule has 2 amide bonds. The third-order valence-electron chi connectivity index (χ3n) is 7.34. The lowest BCUT2D eigenvalue weighted by Crippen LogP contribution is -2.26. The normalized spacial score (nSPS) is 16.6. The van der Waals surface area contributed by atoms with Gasteiger partial charge in [0, 0.05) is 34.8 Å². The van der Waals surface area contributed by atoms with Crippen LogP contribution >= 0.6 is 0 Å².